The van der Waals surface area contributed by atoms with E-state index in [4.69, 9.17) is 4.74 Å². The number of aromatic nitrogens is 4. The third-order valence-corrected chi connectivity index (χ3v) is 4.07. The van der Waals surface area contributed by atoms with Gasteiger partial charge in [0.15, 0.2) is 5.16 Å². The largest absolute Gasteiger partial charge is 0.465 e. The molecule has 23 heavy (non-hydrogen) atoms. The summed E-state index contributed by atoms with van der Waals surface area (Å²) in [5.41, 5.74) is 1.06. The molecule has 9 nitrogen and oxygen atoms in total. The van der Waals surface area contributed by atoms with Crippen LogP contribution in [0.5, 0.6) is 0 Å². The van der Waals surface area contributed by atoms with Crippen LogP contribution in [0.15, 0.2) is 9.95 Å². The quantitative estimate of drug-likeness (QED) is 0.553. The number of carbonyl (C=O) groups excluding carboxylic acids is 2. The fraction of sp³-hybridized carbons (Fsp3) is 0.462. The number of thioether (sulfide) groups is 1. The molecule has 1 amide bonds. The normalized spacial score (nSPS) is 10.7. The van der Waals surface area contributed by atoms with Crippen LogP contribution < -0.4 is 10.9 Å². The summed E-state index contributed by atoms with van der Waals surface area (Å²) in [6.07, 6.45) is 0. The second kappa shape index (κ2) is 7.27. The summed E-state index contributed by atoms with van der Waals surface area (Å²) in [6.45, 7) is 5.28. The molecular weight excluding hydrogens is 322 g/mol. The summed E-state index contributed by atoms with van der Waals surface area (Å²) < 4.78 is 6.40. The molecule has 0 unspecified atom stereocenters. The van der Waals surface area contributed by atoms with Crippen LogP contribution in [0.3, 0.4) is 0 Å². The van der Waals surface area contributed by atoms with E-state index in [2.05, 4.69) is 20.5 Å². The monoisotopic (exact) mass is 339 g/mol. The molecule has 2 heterocycles. The number of amides is 1. The molecule has 0 aliphatic heterocycles. The van der Waals surface area contributed by atoms with Gasteiger partial charge in [-0.3, -0.25) is 23.8 Å². The molecule has 0 aliphatic carbocycles. The molecule has 0 radical (unpaired) electrons. The van der Waals surface area contributed by atoms with Gasteiger partial charge in [-0.25, -0.2) is 0 Å². The van der Waals surface area contributed by atoms with Gasteiger partial charge in [-0.15, -0.1) is 10.2 Å². The molecule has 2 N–H and O–H groups in total. The third-order valence-electron chi connectivity index (χ3n) is 3.14. The molecule has 124 valence electrons. The lowest BCUT2D eigenvalue weighted by Gasteiger charge is -2.06. The number of nitrogens with one attached hydrogen (secondary N) is 2. The maximum absolute atomic E-state index is 11.7. The molecule has 0 spiro atoms. The molecule has 0 aliphatic rings. The minimum absolute atomic E-state index is 0.0673. The van der Waals surface area contributed by atoms with Crippen molar-refractivity contribution in [1.82, 2.24) is 24.9 Å². The van der Waals surface area contributed by atoms with E-state index in [1.54, 1.807) is 25.2 Å². The Morgan fingerprint density at radius 1 is 1.35 bits per heavy atom. The zero-order chi connectivity index (χ0) is 17.0. The Morgan fingerprint density at radius 2 is 2.09 bits per heavy atom. The molecule has 2 rings (SSSR count). The number of ether oxygens (including phenoxy) is 1. The van der Waals surface area contributed by atoms with Crippen LogP contribution in [0, 0.1) is 13.8 Å². The smallest absolute Gasteiger partial charge is 0.325 e. The van der Waals surface area contributed by atoms with Gasteiger partial charge in [0.1, 0.15) is 6.54 Å². The fourth-order valence-corrected chi connectivity index (χ4v) is 2.65. The number of hydrogen-bond acceptors (Lipinski definition) is 7. The highest BCUT2D eigenvalue weighted by Gasteiger charge is 2.14. The average Bonchev–Trinajstić information content (AvgIpc) is 2.92. The van der Waals surface area contributed by atoms with E-state index in [1.807, 2.05) is 0 Å². The van der Waals surface area contributed by atoms with Crippen molar-refractivity contribution in [3.63, 3.8) is 0 Å². The maximum atomic E-state index is 11.7. The van der Waals surface area contributed by atoms with Crippen molar-refractivity contribution in [3.05, 3.63) is 21.6 Å². The molecule has 0 bridgehead atoms. The zero-order valence-corrected chi connectivity index (χ0v) is 13.8. The Kier molecular flexibility index (Phi) is 5.37. The summed E-state index contributed by atoms with van der Waals surface area (Å²) in [5, 5.41) is 10.8. The Bertz CT molecular complexity index is 797. The maximum Gasteiger partial charge on any atom is 0.325 e. The van der Waals surface area contributed by atoms with Gasteiger partial charge in [0.05, 0.1) is 12.4 Å². The summed E-state index contributed by atoms with van der Waals surface area (Å²) in [5.74, 6) is -0.411. The van der Waals surface area contributed by atoms with Gasteiger partial charge in [0.2, 0.25) is 11.7 Å². The summed E-state index contributed by atoms with van der Waals surface area (Å²) >= 11 is 1.16. The molecule has 0 aromatic carbocycles. The van der Waals surface area contributed by atoms with E-state index in [9.17, 15) is 14.4 Å². The van der Waals surface area contributed by atoms with Crippen LogP contribution in [0.2, 0.25) is 0 Å². The zero-order valence-electron chi connectivity index (χ0n) is 13.0. The van der Waals surface area contributed by atoms with Crippen molar-refractivity contribution < 1.29 is 14.3 Å². The highest BCUT2D eigenvalue weighted by molar-refractivity contribution is 7.99. The Morgan fingerprint density at radius 3 is 2.78 bits per heavy atom. The first-order chi connectivity index (χ1) is 10.9. The second-order valence-electron chi connectivity index (χ2n) is 4.68. The van der Waals surface area contributed by atoms with Crippen LogP contribution in [0.1, 0.15) is 18.2 Å². The second-order valence-corrected chi connectivity index (χ2v) is 5.62. The topological polar surface area (TPSA) is 118 Å². The van der Waals surface area contributed by atoms with Crippen molar-refractivity contribution in [3.8, 4) is 0 Å². The van der Waals surface area contributed by atoms with Gasteiger partial charge in [0.25, 0.3) is 5.56 Å². The number of rotatable bonds is 6. The predicted molar refractivity (Wildman–Crippen MR) is 83.4 cm³/mol. The molecule has 0 saturated heterocycles. The van der Waals surface area contributed by atoms with Crippen molar-refractivity contribution in [2.24, 2.45) is 0 Å². The fourth-order valence-electron chi connectivity index (χ4n) is 1.84. The number of fused-ring (bicyclic) bond motifs is 1. The Labute approximate surface area is 135 Å². The van der Waals surface area contributed by atoms with E-state index in [0.717, 1.165) is 11.8 Å². The van der Waals surface area contributed by atoms with Crippen molar-refractivity contribution >= 4 is 29.4 Å². The lowest BCUT2D eigenvalue weighted by atomic mass is 10.3. The lowest BCUT2D eigenvalue weighted by molar-refractivity contribution is -0.143. The van der Waals surface area contributed by atoms with E-state index in [0.29, 0.717) is 22.2 Å². The average molecular weight is 339 g/mol. The van der Waals surface area contributed by atoms with Gasteiger partial charge in [-0.1, -0.05) is 11.8 Å². The molecule has 2 aromatic heterocycles. The predicted octanol–water partition coefficient (Wildman–Crippen LogP) is -0.194. The molecule has 0 fully saturated rings. The standard InChI is InChI=1S/C13H17N5O4S/c1-4-22-10(20)5-14-9(19)6-23-13-17-16-12-15-11(21)7(2)8(3)18(12)13/h4-6H2,1-3H3,(H,14,19)(H,15,16,21). The van der Waals surface area contributed by atoms with Crippen molar-refractivity contribution in [2.75, 3.05) is 18.9 Å². The lowest BCUT2D eigenvalue weighted by Crippen LogP contribution is -2.31. The van der Waals surface area contributed by atoms with E-state index < -0.39 is 5.97 Å². The van der Waals surface area contributed by atoms with Gasteiger partial charge < -0.3 is 10.1 Å². The Balaban J connectivity index is 2.03. The first-order valence-electron chi connectivity index (χ1n) is 6.93. The van der Waals surface area contributed by atoms with E-state index in [1.165, 1.54) is 0 Å². The third kappa shape index (κ3) is 3.89. The number of aryl methyl sites for hydroxylation is 1. The first-order valence-corrected chi connectivity index (χ1v) is 7.92. The number of hydrogen-bond donors (Lipinski definition) is 2. The first kappa shape index (κ1) is 17.0. The number of esters is 1. The number of nitrogens with zero attached hydrogens (tertiary/aromatic N) is 3. The number of H-pyrrole nitrogens is 1. The molecule has 0 saturated carbocycles. The number of aromatic amines is 1. The highest BCUT2D eigenvalue weighted by Crippen LogP contribution is 2.17. The van der Waals surface area contributed by atoms with Crippen LogP contribution in [-0.4, -0.2) is 50.4 Å². The summed E-state index contributed by atoms with van der Waals surface area (Å²) in [6, 6.07) is 0. The molecule has 0 atom stereocenters. The Hall–Kier alpha value is -2.36. The number of carbonyl (C=O) groups is 2. The van der Waals surface area contributed by atoms with Crippen LogP contribution in [0.25, 0.3) is 5.78 Å². The molecular formula is C13H17N5O4S. The van der Waals surface area contributed by atoms with Gasteiger partial charge in [0, 0.05) is 11.3 Å². The van der Waals surface area contributed by atoms with Crippen LogP contribution in [-0.2, 0) is 14.3 Å². The van der Waals surface area contributed by atoms with Crippen LogP contribution in [0.4, 0.5) is 0 Å². The van der Waals surface area contributed by atoms with Crippen LogP contribution >= 0.6 is 11.8 Å². The summed E-state index contributed by atoms with van der Waals surface area (Å²) in [7, 11) is 0. The minimum Gasteiger partial charge on any atom is -0.465 e. The molecule has 2 aromatic rings. The van der Waals surface area contributed by atoms with Gasteiger partial charge in [-0.05, 0) is 20.8 Å². The summed E-state index contributed by atoms with van der Waals surface area (Å²) in [4.78, 5) is 37.2. The van der Waals surface area contributed by atoms with Crippen molar-refractivity contribution in [1.29, 1.82) is 0 Å². The SMILES string of the molecule is CCOC(=O)CNC(=O)CSc1nnc2[nH]c(=O)c(C)c(C)n12. The van der Waals surface area contributed by atoms with Gasteiger partial charge >= 0.3 is 5.97 Å². The van der Waals surface area contributed by atoms with Gasteiger partial charge in [-0.2, -0.15) is 0 Å². The molecule has 10 heteroatoms. The van der Waals surface area contributed by atoms with E-state index in [-0.39, 0.29) is 30.4 Å². The minimum atomic E-state index is -0.483. The highest BCUT2D eigenvalue weighted by atomic mass is 32.2. The van der Waals surface area contributed by atoms with E-state index >= 15 is 0 Å². The van der Waals surface area contributed by atoms with Crippen molar-refractivity contribution in [2.45, 2.75) is 25.9 Å².